The Morgan fingerprint density at radius 2 is 1.76 bits per heavy atom. The molecule has 0 spiro atoms. The molecule has 0 saturated carbocycles. The maximum atomic E-state index is 5.64. The zero-order chi connectivity index (χ0) is 13.1. The molecule has 0 aliphatic rings. The van der Waals surface area contributed by atoms with Crippen molar-refractivity contribution in [2.24, 2.45) is 5.73 Å². The van der Waals surface area contributed by atoms with Gasteiger partial charge in [-0.15, -0.1) is 0 Å². The van der Waals surface area contributed by atoms with Gasteiger partial charge in [-0.2, -0.15) is 0 Å². The predicted molar refractivity (Wildman–Crippen MR) is 72.3 cm³/mol. The molecule has 0 aliphatic heterocycles. The first-order valence-corrected chi connectivity index (χ1v) is 6.69. The molecule has 0 bridgehead atoms. The van der Waals surface area contributed by atoms with E-state index in [1.807, 2.05) is 0 Å². The van der Waals surface area contributed by atoms with Gasteiger partial charge in [-0.1, -0.05) is 13.8 Å². The highest BCUT2D eigenvalue weighted by Gasteiger charge is 2.16. The fourth-order valence-corrected chi connectivity index (χ4v) is 2.13. The minimum absolute atomic E-state index is 0.175. The number of ether oxygens (including phenoxy) is 2. The van der Waals surface area contributed by atoms with Gasteiger partial charge >= 0.3 is 0 Å². The molecular formula is C13H30N2O2. The summed E-state index contributed by atoms with van der Waals surface area (Å²) in [7, 11) is 3.48. The van der Waals surface area contributed by atoms with Crippen LogP contribution in [-0.4, -0.2) is 57.5 Å². The lowest BCUT2D eigenvalue weighted by molar-refractivity contribution is 0.0685. The van der Waals surface area contributed by atoms with Gasteiger partial charge in [-0.05, 0) is 19.3 Å². The van der Waals surface area contributed by atoms with E-state index in [2.05, 4.69) is 18.7 Å². The Bertz CT molecular complexity index is 159. The Morgan fingerprint density at radius 1 is 1.12 bits per heavy atom. The molecule has 0 heterocycles. The van der Waals surface area contributed by atoms with Crippen LogP contribution >= 0.6 is 0 Å². The number of hydrogen-bond donors (Lipinski definition) is 1. The van der Waals surface area contributed by atoms with Gasteiger partial charge < -0.3 is 15.2 Å². The monoisotopic (exact) mass is 246 g/mol. The summed E-state index contributed by atoms with van der Waals surface area (Å²) in [4.78, 5) is 2.49. The first-order valence-electron chi connectivity index (χ1n) is 6.69. The molecule has 0 radical (unpaired) electrons. The molecule has 0 aromatic heterocycles. The third-order valence-electron chi connectivity index (χ3n) is 3.38. The summed E-state index contributed by atoms with van der Waals surface area (Å²) in [6.07, 6.45) is 3.53. The highest BCUT2D eigenvalue weighted by Crippen LogP contribution is 2.10. The zero-order valence-corrected chi connectivity index (χ0v) is 11.9. The molecule has 2 N–H and O–H groups in total. The first kappa shape index (κ1) is 16.8. The average molecular weight is 246 g/mol. The quantitative estimate of drug-likeness (QED) is 0.600. The first-order chi connectivity index (χ1) is 8.23. The van der Waals surface area contributed by atoms with E-state index in [1.54, 1.807) is 14.2 Å². The summed E-state index contributed by atoms with van der Waals surface area (Å²) in [5.74, 6) is 0. The van der Waals surface area contributed by atoms with Gasteiger partial charge in [0.05, 0.1) is 12.7 Å². The molecule has 17 heavy (non-hydrogen) atoms. The van der Waals surface area contributed by atoms with Crippen molar-refractivity contribution in [3.05, 3.63) is 0 Å². The zero-order valence-electron chi connectivity index (χ0n) is 11.9. The second kappa shape index (κ2) is 11.0. The van der Waals surface area contributed by atoms with Crippen LogP contribution in [0.3, 0.4) is 0 Å². The number of rotatable bonds is 11. The molecule has 4 nitrogen and oxygen atoms in total. The van der Waals surface area contributed by atoms with Gasteiger partial charge in [0.1, 0.15) is 0 Å². The Morgan fingerprint density at radius 3 is 2.18 bits per heavy atom. The molecule has 1 unspecified atom stereocenters. The second-order valence-electron chi connectivity index (χ2n) is 4.38. The van der Waals surface area contributed by atoms with Crippen LogP contribution in [-0.2, 0) is 9.47 Å². The lowest BCUT2D eigenvalue weighted by Crippen LogP contribution is -2.39. The summed E-state index contributed by atoms with van der Waals surface area (Å²) in [6, 6.07) is 0.639. The fraction of sp³-hybridized carbons (Fsp3) is 1.00. The van der Waals surface area contributed by atoms with Crippen LogP contribution in [0.15, 0.2) is 0 Å². The van der Waals surface area contributed by atoms with Crippen molar-refractivity contribution in [2.75, 3.05) is 40.5 Å². The van der Waals surface area contributed by atoms with Crippen molar-refractivity contribution in [1.29, 1.82) is 0 Å². The van der Waals surface area contributed by atoms with Gasteiger partial charge in [-0.25, -0.2) is 0 Å². The molecule has 0 aromatic carbocycles. The molecular weight excluding hydrogens is 216 g/mol. The average Bonchev–Trinajstić information content (AvgIpc) is 2.37. The van der Waals surface area contributed by atoms with Crippen molar-refractivity contribution in [3.63, 3.8) is 0 Å². The van der Waals surface area contributed by atoms with Gasteiger partial charge in [0, 0.05) is 39.9 Å². The Hall–Kier alpha value is -0.160. The lowest BCUT2D eigenvalue weighted by atomic mass is 10.1. The van der Waals surface area contributed by atoms with Gasteiger partial charge in [0.15, 0.2) is 0 Å². The number of methoxy groups -OCH3 is 2. The molecule has 1 atom stereocenters. The molecule has 0 fully saturated rings. The third-order valence-corrected chi connectivity index (χ3v) is 3.38. The SMILES string of the molecule is CCC(CC)N(CCOC)CCC(CN)OC. The van der Waals surface area contributed by atoms with Crippen LogP contribution in [0.4, 0.5) is 0 Å². The van der Waals surface area contributed by atoms with Crippen LogP contribution in [0.25, 0.3) is 0 Å². The highest BCUT2D eigenvalue weighted by molar-refractivity contribution is 4.71. The van der Waals surface area contributed by atoms with Crippen molar-refractivity contribution < 1.29 is 9.47 Å². The van der Waals surface area contributed by atoms with Crippen LogP contribution in [0.1, 0.15) is 33.1 Å². The lowest BCUT2D eigenvalue weighted by Gasteiger charge is -2.31. The van der Waals surface area contributed by atoms with Crippen molar-refractivity contribution >= 4 is 0 Å². The van der Waals surface area contributed by atoms with E-state index in [1.165, 1.54) is 12.8 Å². The van der Waals surface area contributed by atoms with Crippen LogP contribution in [0, 0.1) is 0 Å². The Balaban J connectivity index is 4.16. The fourth-order valence-electron chi connectivity index (χ4n) is 2.13. The van der Waals surface area contributed by atoms with E-state index in [4.69, 9.17) is 15.2 Å². The van der Waals surface area contributed by atoms with Crippen molar-refractivity contribution in [2.45, 2.75) is 45.3 Å². The largest absolute Gasteiger partial charge is 0.383 e. The smallest absolute Gasteiger partial charge is 0.0705 e. The number of hydrogen-bond acceptors (Lipinski definition) is 4. The van der Waals surface area contributed by atoms with E-state index >= 15 is 0 Å². The maximum absolute atomic E-state index is 5.64. The van der Waals surface area contributed by atoms with E-state index in [0.29, 0.717) is 12.6 Å². The number of nitrogens with two attached hydrogens (primary N) is 1. The molecule has 0 amide bonds. The third kappa shape index (κ3) is 6.99. The maximum Gasteiger partial charge on any atom is 0.0705 e. The molecule has 0 aromatic rings. The molecule has 0 aliphatic carbocycles. The van der Waals surface area contributed by atoms with E-state index < -0.39 is 0 Å². The summed E-state index contributed by atoms with van der Waals surface area (Å²) in [6.45, 7) is 7.89. The number of nitrogens with zero attached hydrogens (tertiary/aromatic N) is 1. The highest BCUT2D eigenvalue weighted by atomic mass is 16.5. The second-order valence-corrected chi connectivity index (χ2v) is 4.38. The van der Waals surface area contributed by atoms with Crippen LogP contribution in [0.2, 0.25) is 0 Å². The summed E-state index contributed by atoms with van der Waals surface area (Å²) >= 11 is 0. The van der Waals surface area contributed by atoms with Crippen molar-refractivity contribution in [3.8, 4) is 0 Å². The minimum atomic E-state index is 0.175. The molecule has 0 rings (SSSR count). The van der Waals surface area contributed by atoms with E-state index in [9.17, 15) is 0 Å². The van der Waals surface area contributed by atoms with Gasteiger partial charge in [0.25, 0.3) is 0 Å². The van der Waals surface area contributed by atoms with Gasteiger partial charge in [-0.3, -0.25) is 4.90 Å². The molecule has 104 valence electrons. The predicted octanol–water partition coefficient (Wildman–Crippen LogP) is 1.49. The summed E-state index contributed by atoms with van der Waals surface area (Å²) in [5.41, 5.74) is 5.64. The summed E-state index contributed by atoms with van der Waals surface area (Å²) in [5, 5.41) is 0. The topological polar surface area (TPSA) is 47.7 Å². The molecule has 4 heteroatoms. The summed E-state index contributed by atoms with van der Waals surface area (Å²) < 4.78 is 10.5. The van der Waals surface area contributed by atoms with E-state index in [-0.39, 0.29) is 6.10 Å². The standard InChI is InChI=1S/C13H30N2O2/c1-5-12(6-2)15(9-10-16-3)8-7-13(11-14)17-4/h12-13H,5-11,14H2,1-4H3. The Kier molecular flexibility index (Phi) is 10.9. The molecule has 0 saturated heterocycles. The van der Waals surface area contributed by atoms with Crippen molar-refractivity contribution in [1.82, 2.24) is 4.90 Å². The minimum Gasteiger partial charge on any atom is -0.383 e. The van der Waals surface area contributed by atoms with Crippen LogP contribution < -0.4 is 5.73 Å². The Labute approximate surface area is 106 Å². The normalized spacial score (nSPS) is 13.6. The van der Waals surface area contributed by atoms with Gasteiger partial charge in [0.2, 0.25) is 0 Å². The van der Waals surface area contributed by atoms with Crippen LogP contribution in [0.5, 0.6) is 0 Å². The van der Waals surface area contributed by atoms with E-state index in [0.717, 1.165) is 26.1 Å².